The molecule has 214 valence electrons. The summed E-state index contributed by atoms with van der Waals surface area (Å²) in [6.07, 6.45) is -0.524. The van der Waals surface area contributed by atoms with Crippen LogP contribution < -0.4 is 16.1 Å². The molecular weight excluding hydrogens is 534 g/mol. The second kappa shape index (κ2) is 15.4. The van der Waals surface area contributed by atoms with Gasteiger partial charge in [-0.15, -0.1) is 0 Å². The van der Waals surface area contributed by atoms with E-state index in [4.69, 9.17) is 9.57 Å². The monoisotopic (exact) mass is 565 g/mol. The molecule has 4 aromatic carbocycles. The van der Waals surface area contributed by atoms with Crippen LogP contribution in [0.2, 0.25) is 0 Å². The van der Waals surface area contributed by atoms with Crippen molar-refractivity contribution in [1.82, 2.24) is 16.1 Å². The Kier molecular flexibility index (Phi) is 10.8. The molecule has 0 unspecified atom stereocenters. The standard InChI is InChI=1S/C33H31N3O6/c37-30(28(21-24-13-5-1-6-14-24)35-33(40)41-23-26-17-9-3-10-18-26)34-29(22-25-15-7-2-8-16-25)31(38)36-42-32(39)27-19-11-4-12-20-27/h1-20,28-29H,21-23H2,(H,34,37)(H,35,40)(H,36,38)/t28-,29-/m0/s1. The van der Waals surface area contributed by atoms with Crippen LogP contribution in [0.1, 0.15) is 27.0 Å². The van der Waals surface area contributed by atoms with Gasteiger partial charge >= 0.3 is 12.1 Å². The number of carbonyl (C=O) groups is 4. The highest BCUT2D eigenvalue weighted by Gasteiger charge is 2.28. The van der Waals surface area contributed by atoms with Crippen LogP contribution in [0, 0.1) is 0 Å². The maximum Gasteiger partial charge on any atom is 0.408 e. The zero-order valence-corrected chi connectivity index (χ0v) is 22.8. The zero-order chi connectivity index (χ0) is 29.6. The molecule has 0 aliphatic rings. The van der Waals surface area contributed by atoms with E-state index < -0.39 is 36.0 Å². The van der Waals surface area contributed by atoms with Crippen LogP contribution in [0.5, 0.6) is 0 Å². The lowest BCUT2D eigenvalue weighted by atomic mass is 10.0. The number of hydrogen-bond acceptors (Lipinski definition) is 6. The van der Waals surface area contributed by atoms with E-state index in [1.807, 2.05) is 91.0 Å². The van der Waals surface area contributed by atoms with E-state index >= 15 is 0 Å². The first-order valence-electron chi connectivity index (χ1n) is 13.4. The van der Waals surface area contributed by atoms with Gasteiger partial charge < -0.3 is 20.2 Å². The van der Waals surface area contributed by atoms with E-state index in [0.29, 0.717) is 0 Å². The van der Waals surface area contributed by atoms with E-state index in [2.05, 4.69) is 16.1 Å². The summed E-state index contributed by atoms with van der Waals surface area (Å²) in [5, 5.41) is 5.34. The largest absolute Gasteiger partial charge is 0.445 e. The summed E-state index contributed by atoms with van der Waals surface area (Å²) in [6, 6.07) is 33.4. The Morgan fingerprint density at radius 1 is 0.548 bits per heavy atom. The van der Waals surface area contributed by atoms with Gasteiger partial charge in [-0.1, -0.05) is 109 Å². The number of alkyl carbamates (subject to hydrolysis) is 1. The average Bonchev–Trinajstić information content (AvgIpc) is 3.03. The molecule has 0 saturated heterocycles. The Morgan fingerprint density at radius 3 is 1.52 bits per heavy atom. The molecule has 0 saturated carbocycles. The van der Waals surface area contributed by atoms with Crippen LogP contribution in [-0.4, -0.2) is 36.0 Å². The number of amides is 3. The summed E-state index contributed by atoms with van der Waals surface area (Å²) in [5.74, 6) is -2.10. The van der Waals surface area contributed by atoms with Gasteiger partial charge in [0.25, 0.3) is 5.91 Å². The van der Waals surface area contributed by atoms with Crippen LogP contribution in [0.15, 0.2) is 121 Å². The van der Waals surface area contributed by atoms with Crippen LogP contribution in [0.25, 0.3) is 0 Å². The summed E-state index contributed by atoms with van der Waals surface area (Å²) < 4.78 is 5.33. The van der Waals surface area contributed by atoms with Crippen LogP contribution >= 0.6 is 0 Å². The second-order valence-electron chi connectivity index (χ2n) is 9.42. The number of hydroxylamine groups is 1. The normalized spacial score (nSPS) is 11.8. The van der Waals surface area contributed by atoms with E-state index in [1.54, 1.807) is 30.3 Å². The molecular formula is C33H31N3O6. The smallest absolute Gasteiger partial charge is 0.408 e. The Balaban J connectivity index is 1.46. The van der Waals surface area contributed by atoms with Crippen LogP contribution in [0.4, 0.5) is 4.79 Å². The Bertz CT molecular complexity index is 1450. The minimum atomic E-state index is -1.12. The SMILES string of the molecule is O=C(N[C@@H](Cc1ccccc1)C(=O)N[C@@H](Cc1ccccc1)C(=O)NOC(=O)c1ccccc1)OCc1ccccc1. The molecule has 0 aliphatic carbocycles. The predicted octanol–water partition coefficient (Wildman–Crippen LogP) is 4.14. The molecule has 3 amide bonds. The van der Waals surface area contributed by atoms with Gasteiger partial charge in [-0.25, -0.2) is 9.59 Å². The van der Waals surface area contributed by atoms with Gasteiger partial charge in [-0.3, -0.25) is 9.59 Å². The van der Waals surface area contributed by atoms with Crippen LogP contribution in [0.3, 0.4) is 0 Å². The molecule has 0 bridgehead atoms. The molecule has 0 spiro atoms. The van der Waals surface area contributed by atoms with Gasteiger partial charge in [0, 0.05) is 12.8 Å². The van der Waals surface area contributed by atoms with Crippen molar-refractivity contribution >= 4 is 23.9 Å². The third-order valence-corrected chi connectivity index (χ3v) is 6.27. The number of hydrogen-bond donors (Lipinski definition) is 3. The van der Waals surface area contributed by atoms with Gasteiger partial charge in [0.05, 0.1) is 5.56 Å². The van der Waals surface area contributed by atoms with Crippen molar-refractivity contribution in [2.24, 2.45) is 0 Å². The molecule has 0 radical (unpaired) electrons. The molecule has 9 nitrogen and oxygen atoms in total. The van der Waals surface area contributed by atoms with E-state index in [0.717, 1.165) is 16.7 Å². The number of ether oxygens (including phenoxy) is 1. The van der Waals surface area contributed by atoms with E-state index in [-0.39, 0.29) is 25.0 Å². The molecule has 0 aliphatic heterocycles. The minimum Gasteiger partial charge on any atom is -0.445 e. The topological polar surface area (TPSA) is 123 Å². The highest BCUT2D eigenvalue weighted by molar-refractivity contribution is 5.93. The fraction of sp³-hybridized carbons (Fsp3) is 0.152. The molecule has 0 heterocycles. The maximum absolute atomic E-state index is 13.6. The quantitative estimate of drug-likeness (QED) is 0.235. The van der Waals surface area contributed by atoms with Crippen molar-refractivity contribution in [2.45, 2.75) is 31.5 Å². The molecule has 3 N–H and O–H groups in total. The lowest BCUT2D eigenvalue weighted by molar-refractivity contribution is -0.135. The van der Waals surface area contributed by atoms with E-state index in [1.165, 1.54) is 0 Å². The molecule has 0 aromatic heterocycles. The maximum atomic E-state index is 13.6. The zero-order valence-electron chi connectivity index (χ0n) is 22.8. The Labute approximate surface area is 243 Å². The van der Waals surface area contributed by atoms with Crippen LogP contribution in [-0.2, 0) is 38.6 Å². The third kappa shape index (κ3) is 9.34. The Hall–Kier alpha value is -5.44. The molecule has 0 fully saturated rings. The fourth-order valence-electron chi connectivity index (χ4n) is 4.10. The third-order valence-electron chi connectivity index (χ3n) is 6.27. The second-order valence-corrected chi connectivity index (χ2v) is 9.42. The van der Waals surface area contributed by atoms with Crippen molar-refractivity contribution in [3.63, 3.8) is 0 Å². The highest BCUT2D eigenvalue weighted by Crippen LogP contribution is 2.09. The lowest BCUT2D eigenvalue weighted by Gasteiger charge is -2.23. The molecule has 4 aromatic rings. The van der Waals surface area contributed by atoms with Gasteiger partial charge in [0.1, 0.15) is 18.7 Å². The van der Waals surface area contributed by atoms with Crippen molar-refractivity contribution in [3.8, 4) is 0 Å². The summed E-state index contributed by atoms with van der Waals surface area (Å²) >= 11 is 0. The predicted molar refractivity (Wildman–Crippen MR) is 156 cm³/mol. The average molecular weight is 566 g/mol. The van der Waals surface area contributed by atoms with Crippen molar-refractivity contribution < 1.29 is 28.8 Å². The number of nitrogens with one attached hydrogen (secondary N) is 3. The molecule has 4 rings (SSSR count). The van der Waals surface area contributed by atoms with Gasteiger partial charge in [-0.05, 0) is 28.8 Å². The summed E-state index contributed by atoms with van der Waals surface area (Å²) in [7, 11) is 0. The fourth-order valence-corrected chi connectivity index (χ4v) is 4.10. The summed E-state index contributed by atoms with van der Waals surface area (Å²) in [5.41, 5.74) is 4.76. The molecule has 42 heavy (non-hydrogen) atoms. The summed E-state index contributed by atoms with van der Waals surface area (Å²) in [4.78, 5) is 56.8. The molecule has 9 heteroatoms. The number of carbonyl (C=O) groups excluding carboxylic acids is 4. The number of benzene rings is 4. The first-order valence-corrected chi connectivity index (χ1v) is 13.4. The Morgan fingerprint density at radius 2 is 1.00 bits per heavy atom. The summed E-state index contributed by atoms with van der Waals surface area (Å²) in [6.45, 7) is 0.0260. The van der Waals surface area contributed by atoms with Crippen molar-refractivity contribution in [3.05, 3.63) is 144 Å². The van der Waals surface area contributed by atoms with Crippen molar-refractivity contribution in [2.75, 3.05) is 0 Å². The minimum absolute atomic E-state index is 0.0260. The van der Waals surface area contributed by atoms with Gasteiger partial charge in [0.2, 0.25) is 5.91 Å². The first kappa shape index (κ1) is 29.5. The first-order chi connectivity index (χ1) is 20.5. The lowest BCUT2D eigenvalue weighted by Crippen LogP contribution is -2.55. The van der Waals surface area contributed by atoms with E-state index in [9.17, 15) is 19.2 Å². The highest BCUT2D eigenvalue weighted by atomic mass is 16.7. The van der Waals surface area contributed by atoms with Gasteiger partial charge in [-0.2, -0.15) is 5.48 Å². The molecule has 2 atom stereocenters. The van der Waals surface area contributed by atoms with Crippen molar-refractivity contribution in [1.29, 1.82) is 0 Å². The van der Waals surface area contributed by atoms with Gasteiger partial charge in [0.15, 0.2) is 0 Å². The number of rotatable bonds is 11.